The molecule has 0 atom stereocenters. The molecule has 0 aliphatic heterocycles. The molecule has 0 fully saturated rings. The maximum atomic E-state index is 12.1. The van der Waals surface area contributed by atoms with Gasteiger partial charge in [-0.05, 0) is 12.1 Å². The Morgan fingerprint density at radius 2 is 1.35 bits per heavy atom. The molecular formula is C19H22O7. The summed E-state index contributed by atoms with van der Waals surface area (Å²) in [6.07, 6.45) is 3.00. The molecule has 1 aromatic carbocycles. The minimum absolute atomic E-state index is 0.106. The lowest BCUT2D eigenvalue weighted by molar-refractivity contribution is -0.138. The summed E-state index contributed by atoms with van der Waals surface area (Å²) in [5.74, 6) is -1.17. The summed E-state index contributed by atoms with van der Waals surface area (Å²) in [4.78, 5) is 33.9. The molecule has 0 heterocycles. The van der Waals surface area contributed by atoms with E-state index in [1.807, 2.05) is 0 Å². The number of benzene rings is 1. The number of para-hydroxylation sites is 1. The summed E-state index contributed by atoms with van der Waals surface area (Å²) in [7, 11) is 0. The summed E-state index contributed by atoms with van der Waals surface area (Å²) < 4.78 is 20.3. The van der Waals surface area contributed by atoms with Crippen molar-refractivity contribution in [2.45, 2.75) is 12.8 Å². The number of esters is 3. The van der Waals surface area contributed by atoms with Gasteiger partial charge in [0.05, 0.1) is 26.4 Å². The Morgan fingerprint density at radius 1 is 0.808 bits per heavy atom. The summed E-state index contributed by atoms with van der Waals surface area (Å²) in [6, 6.07) is 6.67. The fourth-order valence-electron chi connectivity index (χ4n) is 1.77. The van der Waals surface area contributed by atoms with Crippen molar-refractivity contribution in [2.75, 3.05) is 26.4 Å². The van der Waals surface area contributed by atoms with Crippen LogP contribution >= 0.6 is 0 Å². The predicted molar refractivity (Wildman–Crippen MR) is 93.8 cm³/mol. The first-order valence-electron chi connectivity index (χ1n) is 8.05. The van der Waals surface area contributed by atoms with Crippen molar-refractivity contribution >= 4 is 17.9 Å². The highest BCUT2D eigenvalue weighted by Crippen LogP contribution is 2.19. The van der Waals surface area contributed by atoms with Gasteiger partial charge in [0, 0.05) is 25.0 Å². The molecule has 0 aliphatic rings. The summed E-state index contributed by atoms with van der Waals surface area (Å²) >= 11 is 0. The van der Waals surface area contributed by atoms with Crippen LogP contribution in [-0.4, -0.2) is 44.3 Å². The first kappa shape index (κ1) is 21.0. The highest BCUT2D eigenvalue weighted by atomic mass is 16.5. The van der Waals surface area contributed by atoms with Crippen LogP contribution < -0.4 is 4.74 Å². The Balaban J connectivity index is 2.38. The zero-order valence-corrected chi connectivity index (χ0v) is 14.5. The van der Waals surface area contributed by atoms with Gasteiger partial charge in [-0.2, -0.15) is 0 Å². The third-order valence-electron chi connectivity index (χ3n) is 3.00. The highest BCUT2D eigenvalue weighted by Gasteiger charge is 2.13. The van der Waals surface area contributed by atoms with E-state index in [9.17, 15) is 14.4 Å². The average Bonchev–Trinajstić information content (AvgIpc) is 2.67. The molecule has 0 N–H and O–H groups in total. The number of carbonyl (C=O) groups is 3. The molecule has 0 unspecified atom stereocenters. The number of rotatable bonds is 12. The van der Waals surface area contributed by atoms with Crippen LogP contribution in [0.1, 0.15) is 23.2 Å². The molecule has 7 nitrogen and oxygen atoms in total. The summed E-state index contributed by atoms with van der Waals surface area (Å²) in [6.45, 7) is 7.29. The lowest BCUT2D eigenvalue weighted by Crippen LogP contribution is -2.12. The Morgan fingerprint density at radius 3 is 1.96 bits per heavy atom. The topological polar surface area (TPSA) is 88.1 Å². The van der Waals surface area contributed by atoms with Crippen LogP contribution in [0, 0.1) is 0 Å². The molecule has 26 heavy (non-hydrogen) atoms. The summed E-state index contributed by atoms with van der Waals surface area (Å²) in [5, 5.41) is 0. The average molecular weight is 362 g/mol. The van der Waals surface area contributed by atoms with Gasteiger partial charge in [-0.25, -0.2) is 14.4 Å². The second kappa shape index (κ2) is 12.3. The molecule has 1 rings (SSSR count). The van der Waals surface area contributed by atoms with Gasteiger partial charge in [0.1, 0.15) is 11.3 Å². The van der Waals surface area contributed by atoms with E-state index >= 15 is 0 Å². The molecule has 0 aliphatic carbocycles. The molecular weight excluding hydrogens is 340 g/mol. The molecule has 0 amide bonds. The van der Waals surface area contributed by atoms with Crippen LogP contribution in [0.4, 0.5) is 0 Å². The molecule has 0 radical (unpaired) electrons. The second-order valence-electron chi connectivity index (χ2n) is 4.93. The first-order valence-corrected chi connectivity index (χ1v) is 8.05. The molecule has 1 aromatic rings. The molecule has 0 saturated heterocycles. The summed E-state index contributed by atoms with van der Waals surface area (Å²) in [5.41, 5.74) is 0.290. The largest absolute Gasteiger partial charge is 0.493 e. The standard InChI is InChI=1S/C19H22O7/c1-3-17(20)24-12-7-11-23-16-10-6-5-9-15(16)19(22)26-14-8-13-25-18(21)4-2/h3-6,9-10H,1-2,7-8,11-14H2. The van der Waals surface area contributed by atoms with Crippen LogP contribution in [0.5, 0.6) is 5.75 Å². The number of hydrogen-bond acceptors (Lipinski definition) is 7. The van der Waals surface area contributed by atoms with E-state index in [4.69, 9.17) is 18.9 Å². The fraction of sp³-hybridized carbons (Fsp3) is 0.316. The van der Waals surface area contributed by atoms with E-state index in [1.165, 1.54) is 0 Å². The fourth-order valence-corrected chi connectivity index (χ4v) is 1.77. The Hall–Kier alpha value is -3.09. The van der Waals surface area contributed by atoms with Crippen molar-refractivity contribution in [3.05, 3.63) is 55.1 Å². The SMILES string of the molecule is C=CC(=O)OCCCOC(=O)c1ccccc1OCCCOC(=O)C=C. The normalized spacial score (nSPS) is 9.69. The van der Waals surface area contributed by atoms with E-state index in [2.05, 4.69) is 13.2 Å². The maximum absolute atomic E-state index is 12.1. The van der Waals surface area contributed by atoms with E-state index in [0.717, 1.165) is 12.2 Å². The minimum Gasteiger partial charge on any atom is -0.493 e. The van der Waals surface area contributed by atoms with Crippen molar-refractivity contribution < 1.29 is 33.3 Å². The lowest BCUT2D eigenvalue weighted by Gasteiger charge is -2.11. The van der Waals surface area contributed by atoms with E-state index in [1.54, 1.807) is 24.3 Å². The Kier molecular flexibility index (Phi) is 9.91. The smallest absolute Gasteiger partial charge is 0.341 e. The van der Waals surface area contributed by atoms with Gasteiger partial charge in [0.25, 0.3) is 0 Å². The Labute approximate surface area is 152 Å². The Bertz CT molecular complexity index is 637. The van der Waals surface area contributed by atoms with Crippen molar-refractivity contribution in [2.24, 2.45) is 0 Å². The third kappa shape index (κ3) is 8.14. The van der Waals surface area contributed by atoms with Gasteiger partial charge in [-0.3, -0.25) is 0 Å². The van der Waals surface area contributed by atoms with Crippen LogP contribution in [0.15, 0.2) is 49.6 Å². The number of carbonyl (C=O) groups excluding carboxylic acids is 3. The minimum atomic E-state index is -0.534. The highest BCUT2D eigenvalue weighted by molar-refractivity contribution is 5.92. The molecule has 7 heteroatoms. The first-order chi connectivity index (χ1) is 12.6. The third-order valence-corrected chi connectivity index (χ3v) is 3.00. The van der Waals surface area contributed by atoms with Crippen molar-refractivity contribution in [3.63, 3.8) is 0 Å². The molecule has 0 saturated carbocycles. The van der Waals surface area contributed by atoms with Gasteiger partial charge in [-0.15, -0.1) is 0 Å². The van der Waals surface area contributed by atoms with E-state index in [-0.39, 0.29) is 26.4 Å². The molecule has 0 bridgehead atoms. The maximum Gasteiger partial charge on any atom is 0.341 e. The van der Waals surface area contributed by atoms with Crippen molar-refractivity contribution in [3.8, 4) is 5.75 Å². The van der Waals surface area contributed by atoms with Crippen LogP contribution in [0.2, 0.25) is 0 Å². The van der Waals surface area contributed by atoms with Crippen LogP contribution in [-0.2, 0) is 23.8 Å². The van der Waals surface area contributed by atoms with E-state index in [0.29, 0.717) is 24.2 Å². The monoisotopic (exact) mass is 362 g/mol. The van der Waals surface area contributed by atoms with Crippen molar-refractivity contribution in [1.29, 1.82) is 0 Å². The van der Waals surface area contributed by atoms with Crippen LogP contribution in [0.25, 0.3) is 0 Å². The van der Waals surface area contributed by atoms with E-state index < -0.39 is 17.9 Å². The quantitative estimate of drug-likeness (QED) is 0.244. The lowest BCUT2D eigenvalue weighted by atomic mass is 10.2. The predicted octanol–water partition coefficient (Wildman–Crippen LogP) is 2.46. The van der Waals surface area contributed by atoms with Crippen molar-refractivity contribution in [1.82, 2.24) is 0 Å². The van der Waals surface area contributed by atoms with Crippen LogP contribution in [0.3, 0.4) is 0 Å². The number of ether oxygens (including phenoxy) is 4. The molecule has 140 valence electrons. The second-order valence-corrected chi connectivity index (χ2v) is 4.93. The van der Waals surface area contributed by atoms with Gasteiger partial charge in [-0.1, -0.05) is 25.3 Å². The zero-order valence-electron chi connectivity index (χ0n) is 14.5. The van der Waals surface area contributed by atoms with Gasteiger partial charge >= 0.3 is 17.9 Å². The number of hydrogen-bond donors (Lipinski definition) is 0. The van der Waals surface area contributed by atoms with Gasteiger partial charge in [0.2, 0.25) is 0 Å². The van der Waals surface area contributed by atoms with Gasteiger partial charge in [0.15, 0.2) is 0 Å². The molecule has 0 spiro atoms. The zero-order chi connectivity index (χ0) is 19.2. The van der Waals surface area contributed by atoms with Gasteiger partial charge < -0.3 is 18.9 Å². The molecule has 0 aromatic heterocycles.